The van der Waals surface area contributed by atoms with Crippen molar-refractivity contribution < 1.29 is 27.6 Å². The first-order valence-electron chi connectivity index (χ1n) is 11.0. The van der Waals surface area contributed by atoms with Gasteiger partial charge in [0.05, 0.1) is 12.1 Å². The third kappa shape index (κ3) is 4.32. The molecule has 3 atom stereocenters. The zero-order valence-corrected chi connectivity index (χ0v) is 18.0. The van der Waals surface area contributed by atoms with E-state index in [0.29, 0.717) is 35.5 Å². The van der Waals surface area contributed by atoms with Gasteiger partial charge in [-0.15, -0.1) is 0 Å². The number of hydrogen-bond acceptors (Lipinski definition) is 4. The minimum atomic E-state index is -1.69. The Morgan fingerprint density at radius 2 is 1.78 bits per heavy atom. The molecule has 3 saturated heterocycles. The van der Waals surface area contributed by atoms with Gasteiger partial charge in [-0.1, -0.05) is 6.42 Å². The molecule has 1 aromatic rings. The quantitative estimate of drug-likeness (QED) is 0.551. The first kappa shape index (κ1) is 22.6. The summed E-state index contributed by atoms with van der Waals surface area (Å²) in [5.74, 6) is -5.44. The second-order valence-corrected chi connectivity index (χ2v) is 8.88. The van der Waals surface area contributed by atoms with Crippen molar-refractivity contribution in [2.24, 2.45) is 5.92 Å². The first-order chi connectivity index (χ1) is 15.3. The second-order valence-electron chi connectivity index (χ2n) is 8.88. The minimum absolute atomic E-state index is 0.259. The molecule has 3 heterocycles. The van der Waals surface area contributed by atoms with Crippen molar-refractivity contribution in [2.75, 3.05) is 31.6 Å². The van der Waals surface area contributed by atoms with E-state index in [1.165, 1.54) is 12.8 Å². The van der Waals surface area contributed by atoms with Gasteiger partial charge in [0.2, 0.25) is 5.91 Å². The average molecular weight is 452 g/mol. The smallest absolute Gasteiger partial charge is 0.329 e. The van der Waals surface area contributed by atoms with E-state index in [9.17, 15) is 27.6 Å². The largest absolute Gasteiger partial charge is 0.345 e. The van der Waals surface area contributed by atoms with E-state index in [1.807, 2.05) is 0 Å². The fourth-order valence-electron chi connectivity index (χ4n) is 5.16. The van der Waals surface area contributed by atoms with Crippen LogP contribution >= 0.6 is 0 Å². The Hall–Kier alpha value is -2.62. The molecular weight excluding hydrogens is 425 g/mol. The molecule has 1 N–H and O–H groups in total. The zero-order chi connectivity index (χ0) is 23.0. The highest BCUT2D eigenvalue weighted by Gasteiger charge is 2.41. The molecule has 10 heteroatoms. The Labute approximate surface area is 184 Å². The zero-order valence-electron chi connectivity index (χ0n) is 18.0. The van der Waals surface area contributed by atoms with Crippen LogP contribution in [0, 0.1) is 23.4 Å². The molecule has 7 nitrogen and oxygen atoms in total. The van der Waals surface area contributed by atoms with Crippen molar-refractivity contribution in [1.82, 2.24) is 15.1 Å². The number of amides is 4. The van der Waals surface area contributed by atoms with Gasteiger partial charge >= 0.3 is 6.03 Å². The number of halogens is 3. The van der Waals surface area contributed by atoms with Crippen LogP contribution < -0.4 is 10.2 Å². The Morgan fingerprint density at radius 3 is 2.50 bits per heavy atom. The molecule has 174 valence electrons. The standard InChI is InChI=1S/C22H27F3N4O3/c1-27(12-13-5-4-8-28-7-3-2-6-18(13)28)19(30)11-17-21(31)29(22(32)26-17)14-9-15(23)20(25)16(24)10-14/h9-10,13,17-18H,2-8,11-12H2,1H3,(H,26,32)/t13-,17+,18-/m0/s1. The number of carbonyl (C=O) groups is 3. The number of rotatable bonds is 5. The number of carbonyl (C=O) groups excluding carboxylic acids is 3. The summed E-state index contributed by atoms with van der Waals surface area (Å²) in [4.78, 5) is 42.4. The van der Waals surface area contributed by atoms with Crippen LogP contribution in [-0.4, -0.2) is 66.4 Å². The van der Waals surface area contributed by atoms with Crippen molar-refractivity contribution >= 4 is 23.5 Å². The summed E-state index contributed by atoms with van der Waals surface area (Å²) in [7, 11) is 1.69. The normalized spacial score (nSPS) is 26.1. The number of fused-ring (bicyclic) bond motifs is 1. The maximum absolute atomic E-state index is 13.6. The van der Waals surface area contributed by atoms with Crippen LogP contribution in [-0.2, 0) is 9.59 Å². The van der Waals surface area contributed by atoms with E-state index in [4.69, 9.17) is 0 Å². The number of urea groups is 1. The third-order valence-corrected chi connectivity index (χ3v) is 6.79. The predicted octanol–water partition coefficient (Wildman–Crippen LogP) is 2.64. The summed E-state index contributed by atoms with van der Waals surface area (Å²) in [6.07, 6.45) is 5.42. The Kier molecular flexibility index (Phi) is 6.41. The van der Waals surface area contributed by atoms with E-state index >= 15 is 0 Å². The van der Waals surface area contributed by atoms with Crippen molar-refractivity contribution in [2.45, 2.75) is 50.6 Å². The van der Waals surface area contributed by atoms with Crippen molar-refractivity contribution in [3.05, 3.63) is 29.6 Å². The maximum Gasteiger partial charge on any atom is 0.329 e. The van der Waals surface area contributed by atoms with Gasteiger partial charge in [0, 0.05) is 31.8 Å². The Balaban J connectivity index is 1.39. The Morgan fingerprint density at radius 1 is 1.09 bits per heavy atom. The fraction of sp³-hybridized carbons (Fsp3) is 0.591. The van der Waals surface area contributed by atoms with Crippen LogP contribution in [0.25, 0.3) is 0 Å². The molecule has 0 saturated carbocycles. The lowest BCUT2D eigenvalue weighted by Gasteiger charge is -2.45. The van der Waals surface area contributed by atoms with Crippen LogP contribution in [0.5, 0.6) is 0 Å². The summed E-state index contributed by atoms with van der Waals surface area (Å²) >= 11 is 0. The lowest BCUT2D eigenvalue weighted by Crippen LogP contribution is -2.51. The number of piperidine rings is 2. The molecule has 1 aromatic carbocycles. The molecule has 3 aliphatic heterocycles. The highest BCUT2D eigenvalue weighted by Crippen LogP contribution is 2.31. The number of benzene rings is 1. The molecule has 0 radical (unpaired) electrons. The van der Waals surface area contributed by atoms with Crippen LogP contribution in [0.15, 0.2) is 12.1 Å². The molecule has 0 aliphatic carbocycles. The van der Waals surface area contributed by atoms with Gasteiger partial charge in [-0.2, -0.15) is 0 Å². The molecule has 32 heavy (non-hydrogen) atoms. The van der Waals surface area contributed by atoms with E-state index in [2.05, 4.69) is 10.2 Å². The number of hydrogen-bond donors (Lipinski definition) is 1. The first-order valence-corrected chi connectivity index (χ1v) is 11.0. The molecule has 0 spiro atoms. The Bertz CT molecular complexity index is 903. The molecule has 3 fully saturated rings. The van der Waals surface area contributed by atoms with Crippen LogP contribution in [0.2, 0.25) is 0 Å². The maximum atomic E-state index is 13.6. The summed E-state index contributed by atoms with van der Waals surface area (Å²) in [5.41, 5.74) is -0.424. The third-order valence-electron chi connectivity index (χ3n) is 6.79. The van der Waals surface area contributed by atoms with Gasteiger partial charge in [0.25, 0.3) is 5.91 Å². The molecular formula is C22H27F3N4O3. The van der Waals surface area contributed by atoms with Crippen molar-refractivity contribution in [3.63, 3.8) is 0 Å². The van der Waals surface area contributed by atoms with Crippen LogP contribution in [0.3, 0.4) is 0 Å². The molecule has 4 amide bonds. The predicted molar refractivity (Wildman–Crippen MR) is 110 cm³/mol. The van der Waals surface area contributed by atoms with Gasteiger partial charge in [-0.3, -0.25) is 9.59 Å². The summed E-state index contributed by atoms with van der Waals surface area (Å²) in [5, 5.41) is 2.38. The van der Waals surface area contributed by atoms with Gasteiger partial charge in [-0.05, 0) is 44.7 Å². The van der Waals surface area contributed by atoms with Gasteiger partial charge < -0.3 is 15.1 Å². The van der Waals surface area contributed by atoms with E-state index in [-0.39, 0.29) is 12.3 Å². The lowest BCUT2D eigenvalue weighted by atomic mass is 9.83. The monoisotopic (exact) mass is 452 g/mol. The molecule has 0 aromatic heterocycles. The number of nitrogens with zero attached hydrogens (tertiary/aromatic N) is 3. The SMILES string of the molecule is CN(C[C@@H]1CCCN2CCCC[C@@H]12)C(=O)C[C@H]1NC(=O)N(c2cc(F)c(F)c(F)c2)C1=O. The fourth-order valence-corrected chi connectivity index (χ4v) is 5.16. The van der Waals surface area contributed by atoms with E-state index in [1.54, 1.807) is 11.9 Å². The van der Waals surface area contributed by atoms with E-state index in [0.717, 1.165) is 32.4 Å². The average Bonchev–Trinajstić information content (AvgIpc) is 3.04. The van der Waals surface area contributed by atoms with Crippen LogP contribution in [0.4, 0.5) is 23.7 Å². The number of nitrogens with one attached hydrogen (secondary N) is 1. The molecule has 0 unspecified atom stereocenters. The van der Waals surface area contributed by atoms with Gasteiger partial charge in [0.1, 0.15) is 6.04 Å². The second kappa shape index (κ2) is 9.09. The molecule has 4 rings (SSSR count). The van der Waals surface area contributed by atoms with Crippen molar-refractivity contribution in [3.8, 4) is 0 Å². The van der Waals surface area contributed by atoms with E-state index < -0.39 is 41.1 Å². The summed E-state index contributed by atoms with van der Waals surface area (Å²) < 4.78 is 40.3. The lowest BCUT2D eigenvalue weighted by molar-refractivity contribution is -0.133. The molecule has 3 aliphatic rings. The summed E-state index contributed by atoms with van der Waals surface area (Å²) in [6.45, 7) is 2.77. The highest BCUT2D eigenvalue weighted by molar-refractivity contribution is 6.22. The minimum Gasteiger partial charge on any atom is -0.345 e. The molecule has 0 bridgehead atoms. The topological polar surface area (TPSA) is 73.0 Å². The van der Waals surface area contributed by atoms with Gasteiger partial charge in [0.15, 0.2) is 17.5 Å². The van der Waals surface area contributed by atoms with Crippen molar-refractivity contribution in [1.29, 1.82) is 0 Å². The number of imide groups is 1. The number of anilines is 1. The van der Waals surface area contributed by atoms with Gasteiger partial charge in [-0.25, -0.2) is 22.9 Å². The van der Waals surface area contributed by atoms with Crippen LogP contribution in [0.1, 0.15) is 38.5 Å². The summed E-state index contributed by atoms with van der Waals surface area (Å²) in [6, 6.07) is -0.437. The highest BCUT2D eigenvalue weighted by atomic mass is 19.2.